The third kappa shape index (κ3) is 6.53. The van der Waals surface area contributed by atoms with Crippen molar-refractivity contribution >= 4 is 21.6 Å². The molecule has 0 aromatic heterocycles. The monoisotopic (exact) mass is 462 g/mol. The quantitative estimate of drug-likeness (QED) is 0.546. The van der Waals surface area contributed by atoms with Crippen LogP contribution in [-0.2, 0) is 14.8 Å². The van der Waals surface area contributed by atoms with Crippen LogP contribution in [0.15, 0.2) is 36.4 Å². The highest BCUT2D eigenvalue weighted by Crippen LogP contribution is 2.34. The second-order valence-corrected chi connectivity index (χ2v) is 9.62. The molecule has 0 fully saturated rings. The maximum absolute atomic E-state index is 12.3. The molecule has 2 aromatic rings. The molecule has 0 radical (unpaired) electrons. The molecule has 0 saturated carbocycles. The number of anilines is 1. The van der Waals surface area contributed by atoms with Crippen molar-refractivity contribution in [2.45, 2.75) is 26.7 Å². The van der Waals surface area contributed by atoms with Gasteiger partial charge in [0, 0.05) is 19.0 Å². The molecule has 0 spiro atoms. The Morgan fingerprint density at radius 3 is 2.53 bits per heavy atom. The Morgan fingerprint density at radius 1 is 1.06 bits per heavy atom. The first-order valence-corrected chi connectivity index (χ1v) is 12.4. The van der Waals surface area contributed by atoms with Crippen LogP contribution in [0.2, 0.25) is 0 Å². The average molecular weight is 463 g/mol. The Labute approximate surface area is 189 Å². The van der Waals surface area contributed by atoms with Gasteiger partial charge in [0.1, 0.15) is 25.6 Å². The van der Waals surface area contributed by atoms with Gasteiger partial charge in [0.15, 0.2) is 11.5 Å². The van der Waals surface area contributed by atoms with Crippen LogP contribution in [0, 0.1) is 13.8 Å². The van der Waals surface area contributed by atoms with Gasteiger partial charge in [-0.05, 0) is 55.7 Å². The van der Waals surface area contributed by atoms with Crippen LogP contribution < -0.4 is 23.8 Å². The summed E-state index contributed by atoms with van der Waals surface area (Å²) in [4.78, 5) is 12.1. The van der Waals surface area contributed by atoms with Gasteiger partial charge < -0.3 is 19.5 Å². The normalized spacial score (nSPS) is 12.8. The Bertz CT molecular complexity index is 1050. The molecule has 1 aliphatic heterocycles. The first kappa shape index (κ1) is 23.7. The molecule has 1 amide bonds. The summed E-state index contributed by atoms with van der Waals surface area (Å²) in [7, 11) is -3.52. The predicted molar refractivity (Wildman–Crippen MR) is 123 cm³/mol. The van der Waals surface area contributed by atoms with Gasteiger partial charge in [0.2, 0.25) is 15.9 Å². The van der Waals surface area contributed by atoms with Gasteiger partial charge in [-0.25, -0.2) is 8.42 Å². The van der Waals surface area contributed by atoms with Gasteiger partial charge >= 0.3 is 0 Å². The molecule has 1 heterocycles. The maximum Gasteiger partial charge on any atom is 0.232 e. The molecule has 1 N–H and O–H groups in total. The van der Waals surface area contributed by atoms with Crippen molar-refractivity contribution in [3.8, 4) is 17.2 Å². The SMILES string of the molecule is Cc1ccc(OCCNC(=O)CCCN(c2ccc3c(c2)OCCO3)S(C)(=O)=O)cc1C. The molecule has 9 heteroatoms. The Balaban J connectivity index is 1.45. The van der Waals surface area contributed by atoms with E-state index in [-0.39, 0.29) is 18.9 Å². The summed E-state index contributed by atoms with van der Waals surface area (Å²) in [6.07, 6.45) is 1.74. The zero-order valence-electron chi connectivity index (χ0n) is 18.7. The van der Waals surface area contributed by atoms with Crippen molar-refractivity contribution in [2.75, 3.05) is 43.5 Å². The molecule has 174 valence electrons. The van der Waals surface area contributed by atoms with E-state index in [0.29, 0.717) is 50.0 Å². The number of carbonyl (C=O) groups excluding carboxylic acids is 1. The zero-order valence-corrected chi connectivity index (χ0v) is 19.5. The second kappa shape index (κ2) is 10.6. The summed E-state index contributed by atoms with van der Waals surface area (Å²) >= 11 is 0. The number of hydrogen-bond donors (Lipinski definition) is 1. The number of nitrogens with zero attached hydrogens (tertiary/aromatic N) is 1. The number of sulfonamides is 1. The summed E-state index contributed by atoms with van der Waals surface area (Å²) < 4.78 is 42.6. The lowest BCUT2D eigenvalue weighted by Crippen LogP contribution is -2.33. The number of nitrogens with one attached hydrogen (secondary N) is 1. The van der Waals surface area contributed by atoms with Crippen molar-refractivity contribution in [3.05, 3.63) is 47.5 Å². The van der Waals surface area contributed by atoms with Crippen molar-refractivity contribution in [2.24, 2.45) is 0 Å². The van der Waals surface area contributed by atoms with E-state index < -0.39 is 10.0 Å². The van der Waals surface area contributed by atoms with E-state index in [4.69, 9.17) is 14.2 Å². The Hall–Kier alpha value is -2.94. The fourth-order valence-corrected chi connectivity index (χ4v) is 4.27. The minimum absolute atomic E-state index is 0.149. The van der Waals surface area contributed by atoms with Crippen LogP contribution in [0.3, 0.4) is 0 Å². The number of amides is 1. The molecule has 0 bridgehead atoms. The van der Waals surface area contributed by atoms with E-state index in [0.717, 1.165) is 17.6 Å². The highest BCUT2D eigenvalue weighted by atomic mass is 32.2. The summed E-state index contributed by atoms with van der Waals surface area (Å²) in [5.74, 6) is 1.73. The predicted octanol–water partition coefficient (Wildman–Crippen LogP) is 2.82. The van der Waals surface area contributed by atoms with Gasteiger partial charge in [0.25, 0.3) is 0 Å². The smallest absolute Gasteiger partial charge is 0.232 e. The summed E-state index contributed by atoms with van der Waals surface area (Å²) in [5.41, 5.74) is 2.84. The third-order valence-corrected chi connectivity index (χ3v) is 6.34. The Morgan fingerprint density at radius 2 is 1.81 bits per heavy atom. The minimum Gasteiger partial charge on any atom is -0.492 e. The summed E-state index contributed by atoms with van der Waals surface area (Å²) in [6, 6.07) is 10.9. The van der Waals surface area contributed by atoms with Crippen LogP contribution in [0.1, 0.15) is 24.0 Å². The minimum atomic E-state index is -3.52. The number of aryl methyl sites for hydroxylation is 2. The molecule has 0 atom stereocenters. The van der Waals surface area contributed by atoms with Gasteiger partial charge in [-0.1, -0.05) is 6.07 Å². The van der Waals surface area contributed by atoms with Gasteiger partial charge in [-0.2, -0.15) is 0 Å². The van der Waals surface area contributed by atoms with Gasteiger partial charge in [0.05, 0.1) is 18.5 Å². The fraction of sp³-hybridized carbons (Fsp3) is 0.435. The zero-order chi connectivity index (χ0) is 23.1. The van der Waals surface area contributed by atoms with Crippen molar-refractivity contribution in [1.29, 1.82) is 0 Å². The topological polar surface area (TPSA) is 94.2 Å². The number of hydrogen-bond acceptors (Lipinski definition) is 6. The van der Waals surface area contributed by atoms with Gasteiger partial charge in [-0.15, -0.1) is 0 Å². The molecule has 0 aliphatic carbocycles. The molecule has 8 nitrogen and oxygen atoms in total. The van der Waals surface area contributed by atoms with Crippen LogP contribution in [0.25, 0.3) is 0 Å². The average Bonchev–Trinajstić information content (AvgIpc) is 2.75. The molecule has 0 unspecified atom stereocenters. The van der Waals surface area contributed by atoms with E-state index in [9.17, 15) is 13.2 Å². The van der Waals surface area contributed by atoms with Crippen molar-refractivity contribution in [3.63, 3.8) is 0 Å². The number of ether oxygens (including phenoxy) is 3. The van der Waals surface area contributed by atoms with Gasteiger partial charge in [-0.3, -0.25) is 9.10 Å². The molecule has 3 rings (SSSR count). The summed E-state index contributed by atoms with van der Waals surface area (Å²) in [5, 5.41) is 2.80. The van der Waals surface area contributed by atoms with E-state index in [1.54, 1.807) is 18.2 Å². The maximum atomic E-state index is 12.3. The summed E-state index contributed by atoms with van der Waals surface area (Å²) in [6.45, 7) is 5.87. The number of benzene rings is 2. The first-order valence-electron chi connectivity index (χ1n) is 10.6. The second-order valence-electron chi connectivity index (χ2n) is 7.71. The third-order valence-electron chi connectivity index (χ3n) is 5.15. The van der Waals surface area contributed by atoms with E-state index in [1.807, 2.05) is 32.0 Å². The van der Waals surface area contributed by atoms with E-state index in [1.165, 1.54) is 9.87 Å². The van der Waals surface area contributed by atoms with E-state index in [2.05, 4.69) is 5.32 Å². The van der Waals surface area contributed by atoms with Crippen molar-refractivity contribution < 1.29 is 27.4 Å². The number of fused-ring (bicyclic) bond motifs is 1. The van der Waals surface area contributed by atoms with Crippen LogP contribution in [0.4, 0.5) is 5.69 Å². The molecule has 2 aromatic carbocycles. The molecular weight excluding hydrogens is 432 g/mol. The van der Waals surface area contributed by atoms with Crippen LogP contribution >= 0.6 is 0 Å². The largest absolute Gasteiger partial charge is 0.492 e. The molecule has 0 saturated heterocycles. The number of rotatable bonds is 10. The number of carbonyl (C=O) groups is 1. The lowest BCUT2D eigenvalue weighted by atomic mass is 10.1. The lowest BCUT2D eigenvalue weighted by Gasteiger charge is -2.25. The van der Waals surface area contributed by atoms with Crippen LogP contribution in [-0.4, -0.2) is 53.5 Å². The fourth-order valence-electron chi connectivity index (χ4n) is 3.31. The van der Waals surface area contributed by atoms with E-state index >= 15 is 0 Å². The highest BCUT2D eigenvalue weighted by Gasteiger charge is 2.21. The van der Waals surface area contributed by atoms with Crippen molar-refractivity contribution in [1.82, 2.24) is 5.32 Å². The first-order chi connectivity index (χ1) is 15.2. The molecular formula is C23H30N2O6S. The van der Waals surface area contributed by atoms with Crippen LogP contribution in [0.5, 0.6) is 17.2 Å². The molecule has 1 aliphatic rings. The highest BCUT2D eigenvalue weighted by molar-refractivity contribution is 7.92. The molecule has 32 heavy (non-hydrogen) atoms. The standard InChI is InChI=1S/C23H30N2O6S/c1-17-6-8-20(15-18(17)2)29-12-10-24-23(26)5-4-11-25(32(3,27)28)19-7-9-21-22(16-19)31-14-13-30-21/h6-9,15-16H,4-5,10-14H2,1-3H3,(H,24,26). The lowest BCUT2D eigenvalue weighted by molar-refractivity contribution is -0.121. The Kier molecular flexibility index (Phi) is 7.84.